The first-order chi connectivity index (χ1) is 11.6. The van der Waals surface area contributed by atoms with Crippen LogP contribution in [0.5, 0.6) is 11.5 Å². The van der Waals surface area contributed by atoms with Crippen LogP contribution < -0.4 is 15.2 Å². The largest absolute Gasteiger partial charge is 0.493 e. The lowest BCUT2D eigenvalue weighted by atomic mass is 10.2. The van der Waals surface area contributed by atoms with Crippen molar-refractivity contribution in [2.24, 2.45) is 15.9 Å². The van der Waals surface area contributed by atoms with E-state index < -0.39 is 0 Å². The van der Waals surface area contributed by atoms with Crippen molar-refractivity contribution in [1.29, 1.82) is 0 Å². The summed E-state index contributed by atoms with van der Waals surface area (Å²) in [5.41, 5.74) is 6.81. The number of hydrogen-bond acceptors (Lipinski definition) is 5. The van der Waals surface area contributed by atoms with Gasteiger partial charge in [-0.1, -0.05) is 30.0 Å². The smallest absolute Gasteiger partial charge is 0.180 e. The maximum Gasteiger partial charge on any atom is 0.180 e. The predicted octanol–water partition coefficient (Wildman–Crippen LogP) is 3.42. The monoisotopic (exact) mass is 347 g/mol. The third-order valence-electron chi connectivity index (χ3n) is 3.10. The van der Waals surface area contributed by atoms with Crippen molar-refractivity contribution in [3.05, 3.63) is 59.4 Å². The van der Waals surface area contributed by atoms with E-state index in [-0.39, 0.29) is 12.4 Å². The molecule has 2 rings (SSSR count). The number of ether oxygens (including phenoxy) is 2. The van der Waals surface area contributed by atoms with Gasteiger partial charge in [0.2, 0.25) is 0 Å². The number of benzene rings is 2. The number of methoxy groups -OCH3 is 1. The highest BCUT2D eigenvalue weighted by molar-refractivity contribution is 8.13. The first kappa shape index (κ1) is 17.8. The average Bonchev–Trinajstić information content (AvgIpc) is 2.61. The molecular formula is C17H18FN3O2S. The molecule has 24 heavy (non-hydrogen) atoms. The van der Waals surface area contributed by atoms with E-state index in [0.29, 0.717) is 22.2 Å². The molecule has 0 bridgehead atoms. The van der Waals surface area contributed by atoms with Gasteiger partial charge in [0, 0.05) is 5.56 Å². The SMILES string of the molecule is COc1cc(C=NN=C(N)SC)ccc1OCc1ccccc1F. The Bertz CT molecular complexity index is 750. The van der Waals surface area contributed by atoms with E-state index in [1.54, 1.807) is 42.6 Å². The molecule has 0 aliphatic rings. The fraction of sp³-hybridized carbons (Fsp3) is 0.176. The van der Waals surface area contributed by atoms with Crippen molar-refractivity contribution in [3.8, 4) is 11.5 Å². The maximum absolute atomic E-state index is 13.6. The van der Waals surface area contributed by atoms with Crippen LogP contribution in [0.3, 0.4) is 0 Å². The average molecular weight is 347 g/mol. The first-order valence-corrected chi connectivity index (χ1v) is 8.31. The van der Waals surface area contributed by atoms with Crippen LogP contribution in [-0.4, -0.2) is 24.7 Å². The predicted molar refractivity (Wildman–Crippen MR) is 96.5 cm³/mol. The van der Waals surface area contributed by atoms with Crippen LogP contribution in [0.25, 0.3) is 0 Å². The number of nitrogens with zero attached hydrogens (tertiary/aromatic N) is 2. The summed E-state index contributed by atoms with van der Waals surface area (Å²) >= 11 is 1.31. The van der Waals surface area contributed by atoms with Gasteiger partial charge in [-0.05, 0) is 36.1 Å². The molecule has 0 amide bonds. The number of thioether (sulfide) groups is 1. The number of amidine groups is 1. The Morgan fingerprint density at radius 1 is 1.25 bits per heavy atom. The quantitative estimate of drug-likeness (QED) is 0.494. The lowest BCUT2D eigenvalue weighted by Gasteiger charge is -2.11. The van der Waals surface area contributed by atoms with Crippen LogP contribution in [0.15, 0.2) is 52.7 Å². The third kappa shape index (κ3) is 4.99. The summed E-state index contributed by atoms with van der Waals surface area (Å²) in [5.74, 6) is 0.742. The van der Waals surface area contributed by atoms with E-state index in [0.717, 1.165) is 5.56 Å². The van der Waals surface area contributed by atoms with Crippen molar-refractivity contribution in [2.75, 3.05) is 13.4 Å². The number of nitrogens with two attached hydrogens (primary N) is 1. The molecule has 7 heteroatoms. The second-order valence-corrected chi connectivity index (χ2v) is 5.50. The Morgan fingerprint density at radius 2 is 2.04 bits per heavy atom. The van der Waals surface area contributed by atoms with Crippen molar-refractivity contribution in [2.45, 2.75) is 6.61 Å². The number of rotatable bonds is 6. The molecule has 0 radical (unpaired) electrons. The number of halogens is 1. The molecule has 0 fully saturated rings. The first-order valence-electron chi connectivity index (χ1n) is 7.08. The lowest BCUT2D eigenvalue weighted by molar-refractivity contribution is 0.279. The Balaban J connectivity index is 2.10. The Morgan fingerprint density at radius 3 is 2.75 bits per heavy atom. The summed E-state index contributed by atoms with van der Waals surface area (Å²) in [6.45, 7) is 0.116. The molecule has 0 atom stereocenters. The van der Waals surface area contributed by atoms with Crippen LogP contribution in [-0.2, 0) is 6.61 Å². The van der Waals surface area contributed by atoms with Gasteiger partial charge in [-0.3, -0.25) is 0 Å². The number of hydrogen-bond donors (Lipinski definition) is 1. The Labute approximate surface area is 144 Å². The second kappa shape index (κ2) is 8.93. The molecule has 0 aliphatic heterocycles. The summed E-state index contributed by atoms with van der Waals surface area (Å²) in [6.07, 6.45) is 3.38. The molecule has 0 heterocycles. The second-order valence-electron chi connectivity index (χ2n) is 4.68. The van der Waals surface area contributed by atoms with E-state index >= 15 is 0 Å². The third-order valence-corrected chi connectivity index (χ3v) is 3.60. The molecule has 2 aromatic carbocycles. The Hall–Kier alpha value is -2.54. The van der Waals surface area contributed by atoms with Crippen LogP contribution in [0.2, 0.25) is 0 Å². The van der Waals surface area contributed by atoms with Crippen molar-refractivity contribution in [3.63, 3.8) is 0 Å². The van der Waals surface area contributed by atoms with Gasteiger partial charge in [-0.2, -0.15) is 5.10 Å². The molecule has 0 unspecified atom stereocenters. The molecule has 0 saturated heterocycles. The minimum absolute atomic E-state index is 0.116. The summed E-state index contributed by atoms with van der Waals surface area (Å²) in [6, 6.07) is 11.8. The zero-order valence-corrected chi connectivity index (χ0v) is 14.2. The van der Waals surface area contributed by atoms with Crippen molar-refractivity contribution in [1.82, 2.24) is 0 Å². The minimum atomic E-state index is -0.301. The lowest BCUT2D eigenvalue weighted by Crippen LogP contribution is -2.04. The topological polar surface area (TPSA) is 69.2 Å². The summed E-state index contributed by atoms with van der Waals surface area (Å²) in [7, 11) is 1.54. The van der Waals surface area contributed by atoms with E-state index in [1.807, 2.05) is 6.26 Å². The van der Waals surface area contributed by atoms with Crippen molar-refractivity contribution >= 4 is 23.1 Å². The van der Waals surface area contributed by atoms with E-state index in [1.165, 1.54) is 24.9 Å². The summed E-state index contributed by atoms with van der Waals surface area (Å²) < 4.78 is 24.6. The molecule has 0 aliphatic carbocycles. The minimum Gasteiger partial charge on any atom is -0.493 e. The van der Waals surface area contributed by atoms with Gasteiger partial charge in [0.05, 0.1) is 13.3 Å². The highest BCUT2D eigenvalue weighted by Crippen LogP contribution is 2.28. The molecule has 0 aromatic heterocycles. The van der Waals surface area contributed by atoms with E-state index in [2.05, 4.69) is 10.2 Å². The van der Waals surface area contributed by atoms with Gasteiger partial charge in [0.25, 0.3) is 0 Å². The fourth-order valence-electron chi connectivity index (χ4n) is 1.85. The van der Waals surface area contributed by atoms with Crippen LogP contribution >= 0.6 is 11.8 Å². The molecule has 126 valence electrons. The van der Waals surface area contributed by atoms with Crippen LogP contribution in [0.4, 0.5) is 4.39 Å². The normalized spacial score (nSPS) is 11.7. The van der Waals surface area contributed by atoms with Gasteiger partial charge < -0.3 is 15.2 Å². The molecule has 2 N–H and O–H groups in total. The van der Waals surface area contributed by atoms with Crippen molar-refractivity contribution < 1.29 is 13.9 Å². The van der Waals surface area contributed by atoms with E-state index in [4.69, 9.17) is 15.2 Å². The van der Waals surface area contributed by atoms with Crippen LogP contribution in [0.1, 0.15) is 11.1 Å². The maximum atomic E-state index is 13.6. The van der Waals surface area contributed by atoms with E-state index in [9.17, 15) is 4.39 Å². The molecule has 5 nitrogen and oxygen atoms in total. The van der Waals surface area contributed by atoms with Crippen LogP contribution in [0, 0.1) is 5.82 Å². The van der Waals surface area contributed by atoms with Gasteiger partial charge in [0.15, 0.2) is 16.7 Å². The standard InChI is InChI=1S/C17H18FN3O2S/c1-22-16-9-12(10-20-21-17(19)24-2)7-8-15(16)23-11-13-5-3-4-6-14(13)18/h3-10H,11H2,1-2H3,(H2,19,21). The highest BCUT2D eigenvalue weighted by atomic mass is 32.2. The molecule has 0 spiro atoms. The fourth-order valence-corrected chi connectivity index (χ4v) is 1.98. The Kier molecular flexibility index (Phi) is 6.62. The zero-order valence-electron chi connectivity index (χ0n) is 13.4. The summed E-state index contributed by atoms with van der Waals surface area (Å²) in [5, 5.41) is 8.09. The van der Waals surface area contributed by atoms with Gasteiger partial charge >= 0.3 is 0 Å². The highest BCUT2D eigenvalue weighted by Gasteiger charge is 2.07. The molecule has 0 saturated carbocycles. The molecule has 2 aromatic rings. The zero-order chi connectivity index (χ0) is 17.4. The molecular weight excluding hydrogens is 329 g/mol. The van der Waals surface area contributed by atoms with Gasteiger partial charge in [-0.15, -0.1) is 5.10 Å². The van der Waals surface area contributed by atoms with Gasteiger partial charge in [0.1, 0.15) is 12.4 Å². The summed E-state index contributed by atoms with van der Waals surface area (Å²) in [4.78, 5) is 0. The van der Waals surface area contributed by atoms with Gasteiger partial charge in [-0.25, -0.2) is 4.39 Å².